The number of hydrogen-bond donors (Lipinski definition) is 1. The van der Waals surface area contributed by atoms with Crippen molar-refractivity contribution in [1.82, 2.24) is 9.21 Å². The van der Waals surface area contributed by atoms with Crippen LogP contribution in [0.5, 0.6) is 0 Å². The number of carbonyl (C=O) groups is 2. The molecule has 0 aromatic heterocycles. The molecule has 3 rings (SSSR count). The van der Waals surface area contributed by atoms with Crippen molar-refractivity contribution in [3.63, 3.8) is 0 Å². The average Bonchev–Trinajstić information content (AvgIpc) is 3.16. The van der Waals surface area contributed by atoms with Gasteiger partial charge in [-0.1, -0.05) is 18.6 Å². The molecule has 1 heterocycles. The van der Waals surface area contributed by atoms with Crippen LogP contribution in [0, 0.1) is 11.8 Å². The van der Waals surface area contributed by atoms with Gasteiger partial charge in [0.15, 0.2) is 5.78 Å². The molecular weight excluding hydrogens is 402 g/mol. The summed E-state index contributed by atoms with van der Waals surface area (Å²) < 4.78 is 27.1. The summed E-state index contributed by atoms with van der Waals surface area (Å²) in [7, 11) is -3.62. The van der Waals surface area contributed by atoms with Crippen molar-refractivity contribution in [2.75, 3.05) is 32.7 Å². The van der Waals surface area contributed by atoms with E-state index in [1.54, 1.807) is 4.90 Å². The van der Waals surface area contributed by atoms with E-state index in [0.717, 1.165) is 19.3 Å². The molecule has 2 aliphatic rings. The maximum absolute atomic E-state index is 12.8. The quantitative estimate of drug-likeness (QED) is 0.715. The molecule has 0 spiro atoms. The number of halogens is 1. The van der Waals surface area contributed by atoms with Gasteiger partial charge in [-0.15, -0.1) is 12.4 Å². The molecule has 1 amide bonds. The van der Waals surface area contributed by atoms with Gasteiger partial charge in [0.25, 0.3) is 0 Å². The molecule has 2 fully saturated rings. The molecule has 2 atom stereocenters. The van der Waals surface area contributed by atoms with Crippen LogP contribution >= 0.6 is 12.4 Å². The Bertz CT molecular complexity index is 805. The Labute approximate surface area is 172 Å². The van der Waals surface area contributed by atoms with Crippen molar-refractivity contribution in [3.05, 3.63) is 29.8 Å². The van der Waals surface area contributed by atoms with Gasteiger partial charge in [-0.2, -0.15) is 4.31 Å². The summed E-state index contributed by atoms with van der Waals surface area (Å²) in [4.78, 5) is 26.1. The Morgan fingerprint density at radius 3 is 2.21 bits per heavy atom. The first-order valence-electron chi connectivity index (χ1n) is 9.44. The van der Waals surface area contributed by atoms with E-state index < -0.39 is 10.0 Å². The SMILES string of the molecule is CC(=O)c1ccc(S(=O)(=O)N2CCN(C(=O)[C@@H]3CCC[C@@H]3CN)CC2)cc1.Cl. The van der Waals surface area contributed by atoms with E-state index >= 15 is 0 Å². The molecule has 28 heavy (non-hydrogen) atoms. The van der Waals surface area contributed by atoms with Gasteiger partial charge in [-0.3, -0.25) is 9.59 Å². The van der Waals surface area contributed by atoms with Gasteiger partial charge in [0.1, 0.15) is 0 Å². The number of ketones is 1. The molecule has 1 aliphatic carbocycles. The zero-order valence-corrected chi connectivity index (χ0v) is 17.7. The molecular formula is C19H28ClN3O4S. The van der Waals surface area contributed by atoms with Crippen LogP contribution < -0.4 is 5.73 Å². The minimum Gasteiger partial charge on any atom is -0.340 e. The number of sulfonamides is 1. The number of piperazine rings is 1. The molecule has 156 valence electrons. The number of nitrogens with zero attached hydrogens (tertiary/aromatic N) is 2. The summed E-state index contributed by atoms with van der Waals surface area (Å²) in [5.74, 6) is 0.246. The van der Waals surface area contributed by atoms with Crippen molar-refractivity contribution in [2.45, 2.75) is 31.1 Å². The van der Waals surface area contributed by atoms with Crippen LogP contribution in [-0.2, 0) is 14.8 Å². The van der Waals surface area contributed by atoms with Gasteiger partial charge in [-0.05, 0) is 44.4 Å². The molecule has 0 radical (unpaired) electrons. The topological polar surface area (TPSA) is 101 Å². The molecule has 9 heteroatoms. The molecule has 1 saturated heterocycles. The van der Waals surface area contributed by atoms with Crippen LogP contribution in [0.2, 0.25) is 0 Å². The van der Waals surface area contributed by atoms with E-state index in [2.05, 4.69) is 0 Å². The number of amides is 1. The van der Waals surface area contributed by atoms with Crippen LogP contribution in [0.3, 0.4) is 0 Å². The third-order valence-corrected chi connectivity index (χ3v) is 7.64. The number of benzene rings is 1. The summed E-state index contributed by atoms with van der Waals surface area (Å²) in [6.45, 7) is 3.33. The fourth-order valence-electron chi connectivity index (χ4n) is 4.04. The third kappa shape index (κ3) is 4.56. The van der Waals surface area contributed by atoms with E-state index in [9.17, 15) is 18.0 Å². The van der Waals surface area contributed by atoms with Crippen LogP contribution in [0.4, 0.5) is 0 Å². The first-order valence-corrected chi connectivity index (χ1v) is 10.9. The molecule has 0 bridgehead atoms. The normalized spacial score (nSPS) is 23.3. The number of Topliss-reactive ketones (excluding diaryl/α,β-unsaturated/α-hetero) is 1. The van der Waals surface area contributed by atoms with Crippen LogP contribution in [0.1, 0.15) is 36.5 Å². The van der Waals surface area contributed by atoms with Crippen LogP contribution in [0.25, 0.3) is 0 Å². The lowest BCUT2D eigenvalue weighted by Crippen LogP contribution is -2.52. The smallest absolute Gasteiger partial charge is 0.243 e. The minimum absolute atomic E-state index is 0. The Hall–Kier alpha value is -1.48. The third-order valence-electron chi connectivity index (χ3n) is 5.73. The minimum atomic E-state index is -3.62. The summed E-state index contributed by atoms with van der Waals surface area (Å²) in [6.07, 6.45) is 2.90. The predicted molar refractivity (Wildman–Crippen MR) is 109 cm³/mol. The Kier molecular flexibility index (Phi) is 7.61. The number of rotatable bonds is 5. The van der Waals surface area contributed by atoms with Gasteiger partial charge in [0.2, 0.25) is 15.9 Å². The first-order chi connectivity index (χ1) is 12.8. The lowest BCUT2D eigenvalue weighted by molar-refractivity contribution is -0.137. The average molecular weight is 430 g/mol. The van der Waals surface area contributed by atoms with E-state index in [1.807, 2.05) is 0 Å². The molecule has 1 saturated carbocycles. The number of hydrogen-bond acceptors (Lipinski definition) is 5. The van der Waals surface area contributed by atoms with E-state index in [1.165, 1.54) is 35.5 Å². The second-order valence-electron chi connectivity index (χ2n) is 7.34. The second kappa shape index (κ2) is 9.35. The lowest BCUT2D eigenvalue weighted by atomic mass is 9.94. The standard InChI is InChI=1S/C19H27N3O4S.ClH/c1-14(23)15-5-7-17(8-6-15)27(25,26)22-11-9-21(10-12-22)19(24)18-4-2-3-16(18)13-20;/h5-8,16,18H,2-4,9-13,20H2,1H3;1H/t16-,18-;/m1./s1. The Morgan fingerprint density at radius 2 is 1.68 bits per heavy atom. The van der Waals surface area contributed by atoms with E-state index in [0.29, 0.717) is 25.2 Å². The maximum atomic E-state index is 12.8. The fourth-order valence-corrected chi connectivity index (χ4v) is 5.46. The highest BCUT2D eigenvalue weighted by atomic mass is 35.5. The van der Waals surface area contributed by atoms with Crippen molar-refractivity contribution in [3.8, 4) is 0 Å². The highest BCUT2D eigenvalue weighted by Crippen LogP contribution is 2.32. The van der Waals surface area contributed by atoms with Crippen molar-refractivity contribution in [1.29, 1.82) is 0 Å². The van der Waals surface area contributed by atoms with Gasteiger partial charge >= 0.3 is 0 Å². The highest BCUT2D eigenvalue weighted by molar-refractivity contribution is 7.89. The predicted octanol–water partition coefficient (Wildman–Crippen LogP) is 1.52. The summed E-state index contributed by atoms with van der Waals surface area (Å²) in [5, 5.41) is 0. The van der Waals surface area contributed by atoms with Crippen molar-refractivity contribution >= 4 is 34.1 Å². The summed E-state index contributed by atoms with van der Waals surface area (Å²) in [5.41, 5.74) is 6.27. The maximum Gasteiger partial charge on any atom is 0.243 e. The van der Waals surface area contributed by atoms with Gasteiger partial charge in [-0.25, -0.2) is 8.42 Å². The molecule has 1 aromatic rings. The van der Waals surface area contributed by atoms with Gasteiger partial charge in [0.05, 0.1) is 4.90 Å². The number of nitrogens with two attached hydrogens (primary N) is 1. The largest absolute Gasteiger partial charge is 0.340 e. The number of carbonyl (C=O) groups excluding carboxylic acids is 2. The fraction of sp³-hybridized carbons (Fsp3) is 0.579. The van der Waals surface area contributed by atoms with E-state index in [4.69, 9.17) is 5.73 Å². The Morgan fingerprint density at radius 1 is 1.07 bits per heavy atom. The molecule has 1 aromatic carbocycles. The Balaban J connectivity index is 0.00000280. The highest BCUT2D eigenvalue weighted by Gasteiger charge is 2.37. The molecule has 1 aliphatic heterocycles. The van der Waals surface area contributed by atoms with Crippen LogP contribution in [-0.4, -0.2) is 62.0 Å². The lowest BCUT2D eigenvalue weighted by Gasteiger charge is -2.36. The zero-order chi connectivity index (χ0) is 19.6. The van der Waals surface area contributed by atoms with Crippen LogP contribution in [0.15, 0.2) is 29.2 Å². The molecule has 7 nitrogen and oxygen atoms in total. The molecule has 2 N–H and O–H groups in total. The van der Waals surface area contributed by atoms with Crippen molar-refractivity contribution in [2.24, 2.45) is 17.6 Å². The molecule has 0 unspecified atom stereocenters. The summed E-state index contributed by atoms with van der Waals surface area (Å²) >= 11 is 0. The van der Waals surface area contributed by atoms with E-state index in [-0.39, 0.29) is 53.9 Å². The first kappa shape index (κ1) is 22.8. The zero-order valence-electron chi connectivity index (χ0n) is 16.0. The van der Waals surface area contributed by atoms with Gasteiger partial charge in [0, 0.05) is 37.7 Å². The van der Waals surface area contributed by atoms with Gasteiger partial charge < -0.3 is 10.6 Å². The second-order valence-corrected chi connectivity index (χ2v) is 9.28. The van der Waals surface area contributed by atoms with Crippen molar-refractivity contribution < 1.29 is 18.0 Å². The monoisotopic (exact) mass is 429 g/mol. The summed E-state index contributed by atoms with van der Waals surface area (Å²) in [6, 6.07) is 5.99.